The van der Waals surface area contributed by atoms with Crippen LogP contribution in [-0.2, 0) is 9.47 Å². The molecule has 0 aromatic rings. The molecule has 9 atom stereocenters. The molecule has 1 saturated heterocycles. The van der Waals surface area contributed by atoms with Crippen molar-refractivity contribution < 1.29 is 24.8 Å². The summed E-state index contributed by atoms with van der Waals surface area (Å²) in [7, 11) is 0. The van der Waals surface area contributed by atoms with Crippen LogP contribution in [-0.4, -0.2) is 53.1 Å². The molecular weight excluding hydrogens is 356 g/mol. The molecule has 1 heterocycles. The third-order valence-corrected chi connectivity index (χ3v) is 10.2. The predicted octanol–water partition coefficient (Wildman–Crippen LogP) is 2.71. The molecule has 0 radical (unpaired) electrons. The number of ether oxygens (including phenoxy) is 2. The molecule has 4 aliphatic carbocycles. The number of fused-ring (bicyclic) bond motifs is 5. The summed E-state index contributed by atoms with van der Waals surface area (Å²) in [6, 6.07) is 0. The second kappa shape index (κ2) is 6.65. The monoisotopic (exact) mass is 394 g/mol. The first kappa shape index (κ1) is 19.7. The molecule has 3 N–H and O–H groups in total. The average molecular weight is 395 g/mol. The van der Waals surface area contributed by atoms with Crippen molar-refractivity contribution in [2.75, 3.05) is 19.8 Å². The van der Waals surface area contributed by atoms with Crippen molar-refractivity contribution in [2.24, 2.45) is 40.4 Å². The number of hydrogen-bond acceptors (Lipinski definition) is 5. The van der Waals surface area contributed by atoms with E-state index in [9.17, 15) is 15.3 Å². The quantitative estimate of drug-likeness (QED) is 0.671. The van der Waals surface area contributed by atoms with E-state index in [0.717, 1.165) is 51.7 Å². The van der Waals surface area contributed by atoms with Gasteiger partial charge in [0.05, 0.1) is 32.0 Å². The molecule has 28 heavy (non-hydrogen) atoms. The Kier molecular flexibility index (Phi) is 4.69. The van der Waals surface area contributed by atoms with Crippen molar-refractivity contribution in [2.45, 2.75) is 83.2 Å². The topological polar surface area (TPSA) is 79.2 Å². The van der Waals surface area contributed by atoms with Gasteiger partial charge >= 0.3 is 0 Å². The molecule has 0 bridgehead atoms. The fourth-order valence-electron chi connectivity index (χ4n) is 8.83. The summed E-state index contributed by atoms with van der Waals surface area (Å²) >= 11 is 0. The lowest BCUT2D eigenvalue weighted by atomic mass is 9.43. The van der Waals surface area contributed by atoms with Crippen LogP contribution in [0.5, 0.6) is 0 Å². The van der Waals surface area contributed by atoms with Gasteiger partial charge in [0, 0.05) is 18.3 Å². The predicted molar refractivity (Wildman–Crippen MR) is 104 cm³/mol. The molecule has 4 saturated carbocycles. The second-order valence-corrected chi connectivity index (χ2v) is 10.9. The van der Waals surface area contributed by atoms with Gasteiger partial charge < -0.3 is 24.8 Å². The smallest absolute Gasteiger partial charge is 0.168 e. The minimum Gasteiger partial charge on any atom is -0.396 e. The summed E-state index contributed by atoms with van der Waals surface area (Å²) in [6.07, 6.45) is 7.17. The maximum atomic E-state index is 11.4. The molecule has 0 aromatic carbocycles. The van der Waals surface area contributed by atoms with E-state index in [1.54, 1.807) is 0 Å². The minimum atomic E-state index is -0.517. The zero-order chi connectivity index (χ0) is 19.7. The fraction of sp³-hybridized carbons (Fsp3) is 1.00. The van der Waals surface area contributed by atoms with Crippen LogP contribution in [0.4, 0.5) is 0 Å². The van der Waals surface area contributed by atoms with Crippen LogP contribution in [0, 0.1) is 40.4 Å². The molecule has 0 amide bonds. The number of hydrogen-bond donors (Lipinski definition) is 3. The van der Waals surface area contributed by atoms with Gasteiger partial charge in [0.25, 0.3) is 0 Å². The van der Waals surface area contributed by atoms with Crippen LogP contribution >= 0.6 is 0 Å². The summed E-state index contributed by atoms with van der Waals surface area (Å²) in [5.74, 6) is 1.64. The summed E-state index contributed by atoms with van der Waals surface area (Å²) < 4.78 is 12.1. The first-order valence-corrected chi connectivity index (χ1v) is 11.6. The molecule has 1 spiro atoms. The first-order valence-electron chi connectivity index (χ1n) is 11.6. The van der Waals surface area contributed by atoms with Crippen LogP contribution < -0.4 is 0 Å². The number of aliphatic hydroxyl groups is 3. The lowest BCUT2D eigenvalue weighted by molar-refractivity contribution is -0.242. The van der Waals surface area contributed by atoms with Gasteiger partial charge in [-0.15, -0.1) is 0 Å². The van der Waals surface area contributed by atoms with Crippen LogP contribution in [0.1, 0.15) is 65.2 Å². The van der Waals surface area contributed by atoms with E-state index in [0.29, 0.717) is 23.7 Å². The van der Waals surface area contributed by atoms with Gasteiger partial charge in [0.15, 0.2) is 5.79 Å². The first-order chi connectivity index (χ1) is 13.4. The van der Waals surface area contributed by atoms with E-state index in [-0.39, 0.29) is 23.7 Å². The zero-order valence-corrected chi connectivity index (χ0v) is 17.5. The summed E-state index contributed by atoms with van der Waals surface area (Å²) in [4.78, 5) is 0. The van der Waals surface area contributed by atoms with Crippen molar-refractivity contribution in [1.82, 2.24) is 0 Å². The molecule has 0 aromatic heterocycles. The van der Waals surface area contributed by atoms with Crippen molar-refractivity contribution in [3.63, 3.8) is 0 Å². The Bertz CT molecular complexity index is 602. The highest BCUT2D eigenvalue weighted by atomic mass is 16.7. The van der Waals surface area contributed by atoms with Gasteiger partial charge in [-0.3, -0.25) is 0 Å². The molecular formula is C23H38O5. The molecule has 5 heteroatoms. The molecule has 5 rings (SSSR count). The Balaban J connectivity index is 1.44. The lowest BCUT2D eigenvalue weighted by Gasteiger charge is -2.63. The highest BCUT2D eigenvalue weighted by molar-refractivity contribution is 5.14. The Morgan fingerprint density at radius 3 is 2.46 bits per heavy atom. The van der Waals surface area contributed by atoms with Crippen molar-refractivity contribution in [3.05, 3.63) is 0 Å². The van der Waals surface area contributed by atoms with Gasteiger partial charge in [0.2, 0.25) is 0 Å². The SMILES string of the molecule is CC(O)C1CCC2C3CCC4CC5(CCC4(C)C3CC(O)C12CO)OCCO5. The van der Waals surface area contributed by atoms with Crippen LogP contribution in [0.3, 0.4) is 0 Å². The molecule has 5 aliphatic rings. The van der Waals surface area contributed by atoms with Crippen molar-refractivity contribution in [3.8, 4) is 0 Å². The van der Waals surface area contributed by atoms with E-state index in [2.05, 4.69) is 6.92 Å². The molecule has 5 nitrogen and oxygen atoms in total. The van der Waals surface area contributed by atoms with Crippen molar-refractivity contribution in [1.29, 1.82) is 0 Å². The van der Waals surface area contributed by atoms with Gasteiger partial charge in [-0.05, 0) is 80.5 Å². The van der Waals surface area contributed by atoms with E-state index in [1.165, 1.54) is 12.8 Å². The fourth-order valence-corrected chi connectivity index (χ4v) is 8.83. The maximum Gasteiger partial charge on any atom is 0.168 e. The maximum absolute atomic E-state index is 11.4. The van der Waals surface area contributed by atoms with Crippen LogP contribution in [0.2, 0.25) is 0 Å². The number of rotatable bonds is 2. The number of aliphatic hydroxyl groups excluding tert-OH is 3. The third-order valence-electron chi connectivity index (χ3n) is 10.2. The molecule has 1 aliphatic heterocycles. The normalized spacial score (nSPS) is 53.5. The Morgan fingerprint density at radius 2 is 1.79 bits per heavy atom. The van der Waals surface area contributed by atoms with Gasteiger partial charge in [-0.25, -0.2) is 0 Å². The Hall–Kier alpha value is -0.200. The summed E-state index contributed by atoms with van der Waals surface area (Å²) in [6.45, 7) is 5.73. The Labute approximate surface area is 168 Å². The van der Waals surface area contributed by atoms with E-state index >= 15 is 0 Å². The third kappa shape index (κ3) is 2.49. The molecule has 5 fully saturated rings. The van der Waals surface area contributed by atoms with Gasteiger partial charge in [0.1, 0.15) is 0 Å². The summed E-state index contributed by atoms with van der Waals surface area (Å²) in [5.41, 5.74) is -0.291. The van der Waals surface area contributed by atoms with Crippen molar-refractivity contribution >= 4 is 0 Å². The van der Waals surface area contributed by atoms with E-state index in [4.69, 9.17) is 9.47 Å². The van der Waals surface area contributed by atoms with Gasteiger partial charge in [-0.2, -0.15) is 0 Å². The van der Waals surface area contributed by atoms with E-state index in [1.807, 2.05) is 6.92 Å². The average Bonchev–Trinajstić information content (AvgIpc) is 3.29. The summed E-state index contributed by atoms with van der Waals surface area (Å²) in [5, 5.41) is 32.2. The van der Waals surface area contributed by atoms with Crippen LogP contribution in [0.15, 0.2) is 0 Å². The van der Waals surface area contributed by atoms with E-state index < -0.39 is 17.6 Å². The molecule has 160 valence electrons. The second-order valence-electron chi connectivity index (χ2n) is 10.9. The highest BCUT2D eigenvalue weighted by Crippen LogP contribution is 2.68. The largest absolute Gasteiger partial charge is 0.396 e. The highest BCUT2D eigenvalue weighted by Gasteiger charge is 2.66. The Morgan fingerprint density at radius 1 is 1.04 bits per heavy atom. The standard InChI is InChI=1S/C23H38O5/c1-14(25)17-5-6-18-16-4-3-15-12-22(27-9-10-28-22)8-7-21(15,2)19(16)11-20(26)23(17,18)13-24/h14-20,24-26H,3-13H2,1-2H3. The molecule has 9 unspecified atom stereocenters. The lowest BCUT2D eigenvalue weighted by Crippen LogP contribution is -2.62. The minimum absolute atomic E-state index is 0.00253. The van der Waals surface area contributed by atoms with Gasteiger partial charge in [-0.1, -0.05) is 6.92 Å². The van der Waals surface area contributed by atoms with Crippen LogP contribution in [0.25, 0.3) is 0 Å². The zero-order valence-electron chi connectivity index (χ0n) is 17.5.